The Kier molecular flexibility index (Phi) is 0.840. The molecular formula is C6H8O4. The van der Waals surface area contributed by atoms with Crippen LogP contribution in [-0.4, -0.2) is 42.4 Å². The Labute approximate surface area is 57.7 Å². The number of ether oxygens (including phenoxy) is 3. The summed E-state index contributed by atoms with van der Waals surface area (Å²) in [4.78, 5) is 0. The number of fused-ring (bicyclic) bond motifs is 4. The number of hydrogen-bond acceptors (Lipinski definition) is 4. The first kappa shape index (κ1) is 5.49. The van der Waals surface area contributed by atoms with Crippen molar-refractivity contribution in [1.82, 2.24) is 0 Å². The monoisotopic (exact) mass is 144 g/mol. The lowest BCUT2D eigenvalue weighted by Crippen LogP contribution is -2.39. The highest BCUT2D eigenvalue weighted by Gasteiger charge is 2.61. The molecule has 0 saturated carbocycles. The normalized spacial score (nSPS) is 63.9. The number of hydrogen-bond donors (Lipinski definition) is 1. The summed E-state index contributed by atoms with van der Waals surface area (Å²) in [5, 5.41) is 9.38. The highest BCUT2D eigenvalue weighted by atomic mass is 16.8. The van der Waals surface area contributed by atoms with Crippen LogP contribution in [0.2, 0.25) is 0 Å². The minimum atomic E-state index is -0.469. The zero-order valence-electron chi connectivity index (χ0n) is 5.27. The highest BCUT2D eigenvalue weighted by molar-refractivity contribution is 5.03. The fraction of sp³-hybridized carbons (Fsp3) is 1.00. The molecule has 4 nitrogen and oxygen atoms in total. The van der Waals surface area contributed by atoms with Crippen molar-refractivity contribution in [1.29, 1.82) is 0 Å². The summed E-state index contributed by atoms with van der Waals surface area (Å²) >= 11 is 0. The van der Waals surface area contributed by atoms with Crippen LogP contribution < -0.4 is 0 Å². The molecule has 3 aliphatic rings. The number of aliphatic hydroxyl groups excluding tert-OH is 1. The summed E-state index contributed by atoms with van der Waals surface area (Å²) < 4.78 is 15.6. The Balaban J connectivity index is 1.91. The predicted octanol–water partition coefficient (Wildman–Crippen LogP) is -1.13. The molecule has 0 radical (unpaired) electrons. The van der Waals surface area contributed by atoms with Crippen molar-refractivity contribution in [3.8, 4) is 0 Å². The van der Waals surface area contributed by atoms with Crippen molar-refractivity contribution in [2.45, 2.75) is 30.7 Å². The van der Waals surface area contributed by atoms with Crippen LogP contribution in [-0.2, 0) is 14.2 Å². The first-order chi connectivity index (χ1) is 4.86. The summed E-state index contributed by atoms with van der Waals surface area (Å²) in [7, 11) is 0. The Morgan fingerprint density at radius 1 is 1.20 bits per heavy atom. The van der Waals surface area contributed by atoms with Crippen molar-refractivity contribution >= 4 is 0 Å². The van der Waals surface area contributed by atoms with Gasteiger partial charge in [-0.1, -0.05) is 0 Å². The molecule has 0 aromatic rings. The van der Waals surface area contributed by atoms with Gasteiger partial charge in [-0.2, -0.15) is 0 Å². The lowest BCUT2D eigenvalue weighted by atomic mass is 10.1. The van der Waals surface area contributed by atoms with Gasteiger partial charge in [0.1, 0.15) is 24.4 Å². The van der Waals surface area contributed by atoms with Crippen LogP contribution in [0.25, 0.3) is 0 Å². The van der Waals surface area contributed by atoms with Gasteiger partial charge in [0.25, 0.3) is 0 Å². The van der Waals surface area contributed by atoms with Crippen LogP contribution in [0.3, 0.4) is 0 Å². The average molecular weight is 144 g/mol. The van der Waals surface area contributed by atoms with Crippen molar-refractivity contribution in [2.75, 3.05) is 6.61 Å². The molecule has 3 saturated heterocycles. The van der Waals surface area contributed by atoms with Crippen LogP contribution in [0.15, 0.2) is 0 Å². The number of epoxide rings is 1. The zero-order chi connectivity index (χ0) is 6.72. The minimum absolute atomic E-state index is 0.00810. The first-order valence-electron chi connectivity index (χ1n) is 3.47. The van der Waals surface area contributed by atoms with Gasteiger partial charge in [0.05, 0.1) is 6.61 Å². The van der Waals surface area contributed by atoms with Gasteiger partial charge >= 0.3 is 0 Å². The van der Waals surface area contributed by atoms with E-state index in [1.54, 1.807) is 0 Å². The van der Waals surface area contributed by atoms with E-state index in [1.807, 2.05) is 0 Å². The molecular weight excluding hydrogens is 136 g/mol. The molecule has 5 atom stereocenters. The molecule has 4 heteroatoms. The predicted molar refractivity (Wildman–Crippen MR) is 29.3 cm³/mol. The lowest BCUT2D eigenvalue weighted by Gasteiger charge is -2.18. The highest BCUT2D eigenvalue weighted by Crippen LogP contribution is 2.41. The van der Waals surface area contributed by atoms with Gasteiger partial charge in [-0.05, 0) is 0 Å². The summed E-state index contributed by atoms with van der Waals surface area (Å²) in [6.45, 7) is 0.516. The van der Waals surface area contributed by atoms with Crippen LogP contribution >= 0.6 is 0 Å². The molecule has 0 amide bonds. The molecule has 0 aliphatic carbocycles. The third-order valence-electron chi connectivity index (χ3n) is 2.28. The Morgan fingerprint density at radius 3 is 3.00 bits per heavy atom. The lowest BCUT2D eigenvalue weighted by molar-refractivity contribution is -0.103. The molecule has 1 N–H and O–H groups in total. The Bertz CT molecular complexity index is 169. The van der Waals surface area contributed by atoms with Gasteiger partial charge in [-0.15, -0.1) is 0 Å². The number of rotatable bonds is 0. The molecule has 56 valence electrons. The van der Waals surface area contributed by atoms with E-state index >= 15 is 0 Å². The van der Waals surface area contributed by atoms with Crippen molar-refractivity contribution < 1.29 is 19.3 Å². The van der Waals surface area contributed by atoms with Gasteiger partial charge in [0.2, 0.25) is 0 Å². The minimum Gasteiger partial charge on any atom is -0.387 e. The van der Waals surface area contributed by atoms with Crippen LogP contribution in [0.4, 0.5) is 0 Å². The average Bonchev–Trinajstić information content (AvgIpc) is 2.61. The zero-order valence-corrected chi connectivity index (χ0v) is 5.27. The standard InChI is InChI=1S/C6H8O4/c7-3-2-1-8-6(9-2)5-4(3)10-5/h2-7H,1H2/t2-,3?,4-,5+,6+/m0/s1. The summed E-state index contributed by atoms with van der Waals surface area (Å²) in [6, 6.07) is 0. The van der Waals surface area contributed by atoms with E-state index in [1.165, 1.54) is 0 Å². The molecule has 0 spiro atoms. The van der Waals surface area contributed by atoms with Crippen molar-refractivity contribution in [3.05, 3.63) is 0 Å². The van der Waals surface area contributed by atoms with Crippen LogP contribution in [0, 0.1) is 0 Å². The van der Waals surface area contributed by atoms with E-state index in [-0.39, 0.29) is 24.6 Å². The van der Waals surface area contributed by atoms with Gasteiger partial charge in [0.15, 0.2) is 6.29 Å². The molecule has 3 rings (SSSR count). The summed E-state index contributed by atoms with van der Waals surface area (Å²) in [6.07, 6.45) is -0.809. The maximum absolute atomic E-state index is 9.38. The van der Waals surface area contributed by atoms with Crippen LogP contribution in [0.5, 0.6) is 0 Å². The first-order valence-corrected chi connectivity index (χ1v) is 3.47. The molecule has 0 aromatic carbocycles. The van der Waals surface area contributed by atoms with E-state index in [0.29, 0.717) is 6.61 Å². The molecule has 0 aromatic heterocycles. The SMILES string of the molecule is OC1[C@@H]2CO[C@H](O2)[C@@H]2O[C@@H]12. The van der Waals surface area contributed by atoms with E-state index in [0.717, 1.165) is 0 Å². The maximum Gasteiger partial charge on any atom is 0.187 e. The van der Waals surface area contributed by atoms with Gasteiger partial charge in [-0.25, -0.2) is 0 Å². The number of aliphatic hydroxyl groups is 1. The molecule has 10 heavy (non-hydrogen) atoms. The second-order valence-electron chi connectivity index (χ2n) is 2.93. The third kappa shape index (κ3) is 0.509. The van der Waals surface area contributed by atoms with E-state index < -0.39 is 6.10 Å². The third-order valence-corrected chi connectivity index (χ3v) is 2.28. The Morgan fingerprint density at radius 2 is 2.10 bits per heavy atom. The maximum atomic E-state index is 9.38. The second-order valence-corrected chi connectivity index (χ2v) is 2.93. The van der Waals surface area contributed by atoms with Crippen molar-refractivity contribution in [2.24, 2.45) is 0 Å². The van der Waals surface area contributed by atoms with Crippen molar-refractivity contribution in [3.63, 3.8) is 0 Å². The van der Waals surface area contributed by atoms with E-state index in [2.05, 4.69) is 0 Å². The summed E-state index contributed by atoms with van der Waals surface area (Å²) in [5.74, 6) is 0. The fourth-order valence-corrected chi connectivity index (χ4v) is 1.63. The Hall–Kier alpha value is -0.160. The molecule has 2 bridgehead atoms. The fourth-order valence-electron chi connectivity index (χ4n) is 1.63. The van der Waals surface area contributed by atoms with Gasteiger partial charge < -0.3 is 19.3 Å². The molecule has 3 aliphatic heterocycles. The van der Waals surface area contributed by atoms with Gasteiger partial charge in [0, 0.05) is 0 Å². The quantitative estimate of drug-likeness (QED) is 0.437. The molecule has 3 heterocycles. The molecule has 3 fully saturated rings. The topological polar surface area (TPSA) is 51.2 Å². The van der Waals surface area contributed by atoms with Gasteiger partial charge in [-0.3, -0.25) is 0 Å². The second kappa shape index (κ2) is 1.53. The smallest absolute Gasteiger partial charge is 0.187 e. The molecule has 1 unspecified atom stereocenters. The van der Waals surface area contributed by atoms with E-state index in [4.69, 9.17) is 14.2 Å². The van der Waals surface area contributed by atoms with E-state index in [9.17, 15) is 5.11 Å². The largest absolute Gasteiger partial charge is 0.387 e. The summed E-state index contributed by atoms with van der Waals surface area (Å²) in [5.41, 5.74) is 0. The van der Waals surface area contributed by atoms with Crippen LogP contribution in [0.1, 0.15) is 0 Å².